The highest BCUT2D eigenvalue weighted by atomic mass is 32.1. The zero-order chi connectivity index (χ0) is 14.1. The molecule has 0 saturated carbocycles. The minimum Gasteiger partial charge on any atom is -0.461 e. The summed E-state index contributed by atoms with van der Waals surface area (Å²) in [6, 6.07) is 1.80. The first-order chi connectivity index (χ1) is 9.69. The van der Waals surface area contributed by atoms with Crippen molar-refractivity contribution < 1.29 is 9.53 Å². The average molecular weight is 289 g/mol. The number of esters is 1. The van der Waals surface area contributed by atoms with Gasteiger partial charge in [0.25, 0.3) is 0 Å². The van der Waals surface area contributed by atoms with Crippen LogP contribution in [0.2, 0.25) is 0 Å². The van der Waals surface area contributed by atoms with Crippen LogP contribution in [0.4, 0.5) is 5.13 Å². The Balaban J connectivity index is 2.11. The Hall–Kier alpha value is -2.48. The van der Waals surface area contributed by atoms with E-state index in [1.165, 1.54) is 11.3 Å². The molecule has 0 aliphatic rings. The molecule has 0 spiro atoms. The highest BCUT2D eigenvalue weighted by Crippen LogP contribution is 2.31. The summed E-state index contributed by atoms with van der Waals surface area (Å²) in [6.45, 7) is 2.02. The average Bonchev–Trinajstić information content (AvgIpc) is 3.01. The molecule has 0 aliphatic carbocycles. The molecule has 3 aromatic heterocycles. The molecular weight excluding hydrogens is 278 g/mol. The predicted octanol–water partition coefficient (Wildman–Crippen LogP) is 1.61. The highest BCUT2D eigenvalue weighted by Gasteiger charge is 2.21. The Morgan fingerprint density at radius 3 is 3.10 bits per heavy atom. The lowest BCUT2D eigenvalue weighted by molar-refractivity contribution is 0.0521. The van der Waals surface area contributed by atoms with Gasteiger partial charge in [0, 0.05) is 18.6 Å². The number of rotatable bonds is 3. The Morgan fingerprint density at radius 1 is 1.50 bits per heavy atom. The van der Waals surface area contributed by atoms with E-state index >= 15 is 0 Å². The van der Waals surface area contributed by atoms with Gasteiger partial charge in [0.1, 0.15) is 5.69 Å². The summed E-state index contributed by atoms with van der Waals surface area (Å²) >= 11 is 1.20. The number of hydrogen-bond acceptors (Lipinski definition) is 7. The Labute approximate surface area is 118 Å². The first-order valence-electron chi connectivity index (χ1n) is 5.92. The number of nitrogens with zero attached hydrogens (tertiary/aromatic N) is 4. The van der Waals surface area contributed by atoms with Crippen molar-refractivity contribution in [3.05, 3.63) is 30.4 Å². The number of nitrogen functional groups attached to an aromatic ring is 1. The molecule has 0 saturated heterocycles. The summed E-state index contributed by atoms with van der Waals surface area (Å²) < 4.78 is 6.74. The number of fused-ring (bicyclic) bond motifs is 1. The van der Waals surface area contributed by atoms with E-state index in [1.54, 1.807) is 29.8 Å². The van der Waals surface area contributed by atoms with E-state index in [2.05, 4.69) is 15.0 Å². The van der Waals surface area contributed by atoms with Crippen LogP contribution in [0.15, 0.2) is 24.7 Å². The SMILES string of the molecule is CCOC(=O)c1nc(N)sc1-c1cn2cccnc2n1. The van der Waals surface area contributed by atoms with Crippen molar-refractivity contribution >= 4 is 28.2 Å². The van der Waals surface area contributed by atoms with Crippen LogP contribution in [0, 0.1) is 0 Å². The van der Waals surface area contributed by atoms with Gasteiger partial charge in [-0.3, -0.25) is 4.40 Å². The molecule has 0 amide bonds. The standard InChI is InChI=1S/C12H11N5O2S/c1-2-19-10(18)8-9(20-11(13)16-8)7-6-17-5-3-4-14-12(17)15-7/h3-6H,2H2,1H3,(H2,13,16). The third-order valence-electron chi connectivity index (χ3n) is 2.58. The first-order valence-corrected chi connectivity index (χ1v) is 6.74. The van der Waals surface area contributed by atoms with Gasteiger partial charge in [-0.05, 0) is 13.0 Å². The number of ether oxygens (including phenoxy) is 1. The number of imidazole rings is 1. The van der Waals surface area contributed by atoms with Crippen molar-refractivity contribution in [1.82, 2.24) is 19.4 Å². The molecular formula is C12H11N5O2S. The molecule has 102 valence electrons. The number of aromatic nitrogens is 4. The maximum Gasteiger partial charge on any atom is 0.358 e. The van der Waals surface area contributed by atoms with Crippen LogP contribution in [0.25, 0.3) is 16.3 Å². The van der Waals surface area contributed by atoms with Crippen LogP contribution in [0.3, 0.4) is 0 Å². The molecule has 3 aromatic rings. The molecule has 3 heterocycles. The first kappa shape index (κ1) is 12.5. The molecule has 8 heteroatoms. The molecule has 0 radical (unpaired) electrons. The number of hydrogen-bond donors (Lipinski definition) is 1. The number of carbonyl (C=O) groups excluding carboxylic acids is 1. The maximum atomic E-state index is 11.9. The fourth-order valence-electron chi connectivity index (χ4n) is 1.79. The van der Waals surface area contributed by atoms with E-state index in [-0.39, 0.29) is 12.3 Å². The third-order valence-corrected chi connectivity index (χ3v) is 3.49. The molecule has 0 bridgehead atoms. The molecule has 20 heavy (non-hydrogen) atoms. The van der Waals surface area contributed by atoms with E-state index in [1.807, 2.05) is 6.20 Å². The second-order valence-electron chi connectivity index (χ2n) is 3.90. The van der Waals surface area contributed by atoms with Gasteiger partial charge in [-0.25, -0.2) is 19.7 Å². The zero-order valence-electron chi connectivity index (χ0n) is 10.6. The summed E-state index contributed by atoms with van der Waals surface area (Å²) in [4.78, 5) is 25.0. The van der Waals surface area contributed by atoms with Gasteiger partial charge in [0.2, 0.25) is 5.78 Å². The van der Waals surface area contributed by atoms with E-state index in [4.69, 9.17) is 10.5 Å². The summed E-state index contributed by atoms with van der Waals surface area (Å²) in [5.74, 6) is 0.0461. The van der Waals surface area contributed by atoms with Gasteiger partial charge in [0.15, 0.2) is 10.8 Å². The van der Waals surface area contributed by atoms with E-state index in [9.17, 15) is 4.79 Å². The highest BCUT2D eigenvalue weighted by molar-refractivity contribution is 7.19. The molecule has 0 fully saturated rings. The van der Waals surface area contributed by atoms with E-state index < -0.39 is 5.97 Å². The largest absolute Gasteiger partial charge is 0.461 e. The van der Waals surface area contributed by atoms with Crippen LogP contribution in [0.1, 0.15) is 17.4 Å². The van der Waals surface area contributed by atoms with Gasteiger partial charge in [-0.2, -0.15) is 0 Å². The zero-order valence-corrected chi connectivity index (χ0v) is 11.4. The Kier molecular flexibility index (Phi) is 3.07. The van der Waals surface area contributed by atoms with Crippen LogP contribution >= 0.6 is 11.3 Å². The van der Waals surface area contributed by atoms with Crippen LogP contribution in [0.5, 0.6) is 0 Å². The maximum absolute atomic E-state index is 11.9. The topological polar surface area (TPSA) is 95.4 Å². The number of thiazole rings is 1. The van der Waals surface area contributed by atoms with Crippen molar-refractivity contribution in [2.45, 2.75) is 6.92 Å². The lowest BCUT2D eigenvalue weighted by Gasteiger charge is -1.99. The minimum atomic E-state index is -0.500. The fourth-order valence-corrected chi connectivity index (χ4v) is 2.56. The van der Waals surface area contributed by atoms with Gasteiger partial charge < -0.3 is 10.5 Å². The molecule has 0 atom stereocenters. The van der Waals surface area contributed by atoms with Gasteiger partial charge in [0.05, 0.1) is 11.5 Å². The van der Waals surface area contributed by atoms with Gasteiger partial charge >= 0.3 is 5.97 Å². The summed E-state index contributed by atoms with van der Waals surface area (Å²) in [6.07, 6.45) is 5.25. The summed E-state index contributed by atoms with van der Waals surface area (Å²) in [7, 11) is 0. The molecule has 0 aromatic carbocycles. The third kappa shape index (κ3) is 2.10. The predicted molar refractivity (Wildman–Crippen MR) is 74.5 cm³/mol. The number of anilines is 1. The molecule has 3 rings (SSSR count). The lowest BCUT2D eigenvalue weighted by Crippen LogP contribution is -2.06. The Morgan fingerprint density at radius 2 is 2.35 bits per heavy atom. The van der Waals surface area contributed by atoms with Crippen LogP contribution < -0.4 is 5.73 Å². The van der Waals surface area contributed by atoms with Crippen LogP contribution in [-0.2, 0) is 4.74 Å². The molecule has 7 nitrogen and oxygen atoms in total. The Bertz CT molecular complexity index is 746. The molecule has 2 N–H and O–H groups in total. The number of nitrogens with two attached hydrogens (primary N) is 1. The number of carbonyl (C=O) groups is 1. The van der Waals surface area contributed by atoms with E-state index in [0.717, 1.165) is 0 Å². The fraction of sp³-hybridized carbons (Fsp3) is 0.167. The summed E-state index contributed by atoms with van der Waals surface area (Å²) in [5.41, 5.74) is 6.48. The van der Waals surface area contributed by atoms with Crippen molar-refractivity contribution in [3.8, 4) is 10.6 Å². The molecule has 0 unspecified atom stereocenters. The second kappa shape index (κ2) is 4.89. The van der Waals surface area contributed by atoms with Gasteiger partial charge in [-0.1, -0.05) is 11.3 Å². The molecule has 0 aliphatic heterocycles. The van der Waals surface area contributed by atoms with Crippen molar-refractivity contribution in [2.24, 2.45) is 0 Å². The van der Waals surface area contributed by atoms with Gasteiger partial charge in [-0.15, -0.1) is 0 Å². The lowest BCUT2D eigenvalue weighted by atomic mass is 10.3. The van der Waals surface area contributed by atoms with Crippen molar-refractivity contribution in [3.63, 3.8) is 0 Å². The second-order valence-corrected chi connectivity index (χ2v) is 4.93. The van der Waals surface area contributed by atoms with Crippen LogP contribution in [-0.4, -0.2) is 31.9 Å². The van der Waals surface area contributed by atoms with E-state index in [0.29, 0.717) is 21.5 Å². The quantitative estimate of drug-likeness (QED) is 0.736. The van der Waals surface area contributed by atoms with Crippen molar-refractivity contribution in [1.29, 1.82) is 0 Å². The smallest absolute Gasteiger partial charge is 0.358 e. The monoisotopic (exact) mass is 289 g/mol. The summed E-state index contributed by atoms with van der Waals surface area (Å²) in [5, 5.41) is 0.299. The normalized spacial score (nSPS) is 10.8. The minimum absolute atomic E-state index is 0.192. The van der Waals surface area contributed by atoms with Crippen molar-refractivity contribution in [2.75, 3.05) is 12.3 Å².